The van der Waals surface area contributed by atoms with Crippen LogP contribution in [0.3, 0.4) is 0 Å². The van der Waals surface area contributed by atoms with Crippen molar-refractivity contribution < 1.29 is 0 Å². The first kappa shape index (κ1) is 20.6. The molecular formula is C29H30S. The third kappa shape index (κ3) is 4.00. The van der Waals surface area contributed by atoms with E-state index in [2.05, 4.69) is 115 Å². The molecule has 1 unspecified atom stereocenters. The van der Waals surface area contributed by atoms with Crippen LogP contribution < -0.4 is 0 Å². The number of benzene rings is 3. The minimum Gasteiger partial charge on any atom is -0.149 e. The van der Waals surface area contributed by atoms with Gasteiger partial charge in [-0.2, -0.15) is 0 Å². The van der Waals surface area contributed by atoms with E-state index < -0.39 is 0 Å². The van der Waals surface area contributed by atoms with E-state index in [4.69, 9.17) is 0 Å². The molecule has 3 aromatic carbocycles. The largest absolute Gasteiger partial charge is 0.149 e. The van der Waals surface area contributed by atoms with Crippen molar-refractivity contribution in [2.24, 2.45) is 0 Å². The highest BCUT2D eigenvalue weighted by molar-refractivity contribution is 7.10. The Morgan fingerprint density at radius 1 is 0.633 bits per heavy atom. The summed E-state index contributed by atoms with van der Waals surface area (Å²) in [5.41, 5.74) is 3.90. The Morgan fingerprint density at radius 3 is 1.53 bits per heavy atom. The molecule has 0 aliphatic carbocycles. The second-order valence-electron chi connectivity index (χ2n) is 7.97. The van der Waals surface area contributed by atoms with E-state index in [9.17, 15) is 0 Å². The van der Waals surface area contributed by atoms with Crippen LogP contribution in [-0.2, 0) is 5.41 Å². The molecule has 0 spiro atoms. The van der Waals surface area contributed by atoms with Crippen molar-refractivity contribution in [3.05, 3.63) is 130 Å². The molecule has 1 heteroatoms. The Bertz CT molecular complexity index is 892. The van der Waals surface area contributed by atoms with Gasteiger partial charge in [0.25, 0.3) is 0 Å². The highest BCUT2D eigenvalue weighted by Gasteiger charge is 2.44. The van der Waals surface area contributed by atoms with Crippen LogP contribution in [0.1, 0.15) is 60.1 Å². The second kappa shape index (κ2) is 9.91. The molecule has 30 heavy (non-hydrogen) atoms. The Balaban J connectivity index is 2.02. The third-order valence-corrected chi connectivity index (χ3v) is 7.18. The van der Waals surface area contributed by atoms with Gasteiger partial charge in [-0.3, -0.25) is 0 Å². The summed E-state index contributed by atoms with van der Waals surface area (Å²) < 4.78 is 0. The average molecular weight is 411 g/mol. The zero-order valence-electron chi connectivity index (χ0n) is 17.7. The van der Waals surface area contributed by atoms with E-state index in [1.54, 1.807) is 0 Å². The van der Waals surface area contributed by atoms with Gasteiger partial charge in [-0.25, -0.2) is 0 Å². The molecule has 0 bridgehead atoms. The van der Waals surface area contributed by atoms with Gasteiger partial charge < -0.3 is 0 Å². The van der Waals surface area contributed by atoms with Crippen LogP contribution in [0.5, 0.6) is 0 Å². The quantitative estimate of drug-likeness (QED) is 0.192. The first-order valence-corrected chi connectivity index (χ1v) is 11.9. The predicted molar refractivity (Wildman–Crippen MR) is 130 cm³/mol. The lowest BCUT2D eigenvalue weighted by molar-refractivity contribution is 0.438. The van der Waals surface area contributed by atoms with Crippen molar-refractivity contribution in [1.29, 1.82) is 0 Å². The molecule has 1 heterocycles. The minimum atomic E-state index is -0.220. The van der Waals surface area contributed by atoms with Gasteiger partial charge >= 0.3 is 0 Å². The average Bonchev–Trinajstić information content (AvgIpc) is 3.35. The maximum absolute atomic E-state index is 2.34. The standard InChI is InChI=1S/C29H30S/c1-2-3-7-21-27(28-22-14-23-30-28)29(24-15-8-4-9-16-24,25-17-10-5-11-18-25)26-19-12-6-13-20-26/h4-6,8-20,22-23,27H,2-3,7,21H2,1H3. The summed E-state index contributed by atoms with van der Waals surface area (Å²) in [5, 5.41) is 2.23. The Hall–Kier alpha value is -2.64. The lowest BCUT2D eigenvalue weighted by atomic mass is 9.60. The van der Waals surface area contributed by atoms with Crippen molar-refractivity contribution in [3.63, 3.8) is 0 Å². The van der Waals surface area contributed by atoms with Gasteiger partial charge in [0.15, 0.2) is 0 Å². The summed E-state index contributed by atoms with van der Waals surface area (Å²) in [6.07, 6.45) is 4.93. The van der Waals surface area contributed by atoms with Gasteiger partial charge in [-0.05, 0) is 34.6 Å². The second-order valence-corrected chi connectivity index (χ2v) is 8.95. The summed E-state index contributed by atoms with van der Waals surface area (Å²) in [6.45, 7) is 2.29. The minimum absolute atomic E-state index is 0.220. The van der Waals surface area contributed by atoms with Gasteiger partial charge in [-0.15, -0.1) is 11.3 Å². The van der Waals surface area contributed by atoms with Crippen LogP contribution in [0.2, 0.25) is 0 Å². The van der Waals surface area contributed by atoms with E-state index in [0.717, 1.165) is 0 Å². The highest BCUT2D eigenvalue weighted by Crippen LogP contribution is 2.52. The summed E-state index contributed by atoms with van der Waals surface area (Å²) >= 11 is 1.90. The fourth-order valence-electron chi connectivity index (χ4n) is 4.87. The highest BCUT2D eigenvalue weighted by atomic mass is 32.1. The zero-order chi connectivity index (χ0) is 20.7. The molecule has 4 aromatic rings. The number of unbranched alkanes of at least 4 members (excludes halogenated alkanes) is 2. The van der Waals surface area contributed by atoms with Crippen LogP contribution in [0.15, 0.2) is 109 Å². The Labute approximate surface area is 185 Å². The molecule has 0 aliphatic rings. The molecule has 1 aromatic heterocycles. The van der Waals surface area contributed by atoms with E-state index in [0.29, 0.717) is 5.92 Å². The molecule has 0 saturated carbocycles. The fraction of sp³-hybridized carbons (Fsp3) is 0.241. The maximum atomic E-state index is 2.34. The lowest BCUT2D eigenvalue weighted by Gasteiger charge is -2.43. The van der Waals surface area contributed by atoms with E-state index >= 15 is 0 Å². The smallest absolute Gasteiger partial charge is 0.0527 e. The van der Waals surface area contributed by atoms with Crippen LogP contribution in [0.25, 0.3) is 0 Å². The van der Waals surface area contributed by atoms with Gasteiger partial charge in [0, 0.05) is 10.8 Å². The van der Waals surface area contributed by atoms with Crippen molar-refractivity contribution in [3.8, 4) is 0 Å². The van der Waals surface area contributed by atoms with Crippen LogP contribution >= 0.6 is 11.3 Å². The van der Waals surface area contributed by atoms with Crippen LogP contribution in [-0.4, -0.2) is 0 Å². The first-order valence-electron chi connectivity index (χ1n) is 11.1. The SMILES string of the molecule is CCCCCC(c1cccs1)C(c1ccccc1)(c1ccccc1)c1ccccc1. The van der Waals surface area contributed by atoms with Gasteiger partial charge in [0.1, 0.15) is 0 Å². The van der Waals surface area contributed by atoms with E-state index in [-0.39, 0.29) is 5.41 Å². The summed E-state index contributed by atoms with van der Waals surface area (Å²) in [4.78, 5) is 1.47. The van der Waals surface area contributed by atoms with Gasteiger partial charge in [0.05, 0.1) is 5.41 Å². The van der Waals surface area contributed by atoms with Gasteiger partial charge in [-0.1, -0.05) is 123 Å². The van der Waals surface area contributed by atoms with E-state index in [1.807, 2.05) is 11.3 Å². The number of thiophene rings is 1. The summed E-state index contributed by atoms with van der Waals surface area (Å²) in [7, 11) is 0. The van der Waals surface area contributed by atoms with Gasteiger partial charge in [0.2, 0.25) is 0 Å². The normalized spacial score (nSPS) is 12.6. The zero-order valence-corrected chi connectivity index (χ0v) is 18.5. The lowest BCUT2D eigenvalue weighted by Crippen LogP contribution is -2.36. The molecule has 0 saturated heterocycles. The van der Waals surface area contributed by atoms with Crippen molar-refractivity contribution in [1.82, 2.24) is 0 Å². The van der Waals surface area contributed by atoms with Crippen molar-refractivity contribution in [2.75, 3.05) is 0 Å². The maximum Gasteiger partial charge on any atom is 0.0527 e. The molecule has 0 aliphatic heterocycles. The molecule has 1 atom stereocenters. The Morgan fingerprint density at radius 2 is 1.13 bits per heavy atom. The molecule has 4 rings (SSSR count). The summed E-state index contributed by atoms with van der Waals surface area (Å²) in [5.74, 6) is 0.385. The van der Waals surface area contributed by atoms with E-state index in [1.165, 1.54) is 47.3 Å². The third-order valence-electron chi connectivity index (χ3n) is 6.19. The molecule has 0 nitrogen and oxygen atoms in total. The van der Waals surface area contributed by atoms with Crippen molar-refractivity contribution >= 4 is 11.3 Å². The number of rotatable bonds is 9. The number of hydrogen-bond donors (Lipinski definition) is 0. The van der Waals surface area contributed by atoms with Crippen LogP contribution in [0.4, 0.5) is 0 Å². The molecule has 0 N–H and O–H groups in total. The number of hydrogen-bond acceptors (Lipinski definition) is 1. The molecule has 0 amide bonds. The monoisotopic (exact) mass is 410 g/mol. The van der Waals surface area contributed by atoms with Crippen LogP contribution in [0, 0.1) is 0 Å². The predicted octanol–water partition coefficient (Wildman–Crippen LogP) is 8.45. The van der Waals surface area contributed by atoms with Crippen molar-refractivity contribution in [2.45, 2.75) is 43.9 Å². The molecule has 0 fully saturated rings. The molecular weight excluding hydrogens is 380 g/mol. The Kier molecular flexibility index (Phi) is 6.81. The topological polar surface area (TPSA) is 0 Å². The fourth-order valence-corrected chi connectivity index (χ4v) is 5.80. The molecule has 0 radical (unpaired) electrons. The first-order chi connectivity index (χ1) is 14.9. The summed E-state index contributed by atoms with van der Waals surface area (Å²) in [6, 6.07) is 38.0. The molecule has 152 valence electrons.